The molecule has 33 heavy (non-hydrogen) atoms. The molecule has 0 bridgehead atoms. The van der Waals surface area contributed by atoms with Gasteiger partial charge in [0.2, 0.25) is 15.8 Å². The smallest absolute Gasteiger partial charge is 0.209 e. The molecule has 0 fully saturated rings. The summed E-state index contributed by atoms with van der Waals surface area (Å²) < 4.78 is 44.9. The van der Waals surface area contributed by atoms with E-state index in [1.807, 2.05) is 19.2 Å². The third kappa shape index (κ3) is 7.05. The minimum Gasteiger partial charge on any atom is -0.491 e. The molecule has 2 aromatic carbocycles. The van der Waals surface area contributed by atoms with Gasteiger partial charge in [-0.1, -0.05) is 30.9 Å². The van der Waals surface area contributed by atoms with Crippen LogP contribution < -0.4 is 15.4 Å². The van der Waals surface area contributed by atoms with Crippen molar-refractivity contribution in [1.82, 2.24) is 10.6 Å². The summed E-state index contributed by atoms with van der Waals surface area (Å²) >= 11 is 0. The zero-order chi connectivity index (χ0) is 24.3. The third-order valence-electron chi connectivity index (χ3n) is 4.25. The lowest BCUT2D eigenvalue weighted by molar-refractivity contribution is 0.321. The first-order valence-corrected chi connectivity index (χ1v) is 11.5. The molecule has 0 unspecified atom stereocenters. The maximum absolute atomic E-state index is 14.1. The first-order chi connectivity index (χ1) is 15.8. The summed E-state index contributed by atoms with van der Waals surface area (Å²) in [4.78, 5) is 4.19. The van der Waals surface area contributed by atoms with Crippen LogP contribution in [0.1, 0.15) is 19.4 Å². The fourth-order valence-electron chi connectivity index (χ4n) is 2.75. The summed E-state index contributed by atoms with van der Waals surface area (Å²) in [5, 5.41) is 14.4. The van der Waals surface area contributed by atoms with Crippen molar-refractivity contribution in [3.8, 4) is 11.9 Å². The lowest BCUT2D eigenvalue weighted by Crippen LogP contribution is -2.33. The highest BCUT2D eigenvalue weighted by molar-refractivity contribution is 7.91. The van der Waals surface area contributed by atoms with Crippen LogP contribution in [0.5, 0.6) is 5.75 Å². The lowest BCUT2D eigenvalue weighted by Gasteiger charge is -2.10. The van der Waals surface area contributed by atoms with E-state index in [-0.39, 0.29) is 34.7 Å². The van der Waals surface area contributed by atoms with Crippen molar-refractivity contribution in [2.75, 3.05) is 6.61 Å². The topological polar surface area (TPSA) is 104 Å². The van der Waals surface area contributed by atoms with Crippen LogP contribution in [0.15, 0.2) is 93.8 Å². The number of hydrogen-bond donors (Lipinski definition) is 2. The maximum Gasteiger partial charge on any atom is 0.209 e. The highest BCUT2D eigenvalue weighted by atomic mass is 32.2. The van der Waals surface area contributed by atoms with Gasteiger partial charge in [0.05, 0.1) is 22.9 Å². The second kappa shape index (κ2) is 12.2. The molecule has 0 aromatic heterocycles. The molecule has 0 radical (unpaired) electrons. The van der Waals surface area contributed by atoms with Crippen LogP contribution in [0.25, 0.3) is 0 Å². The van der Waals surface area contributed by atoms with E-state index in [0.29, 0.717) is 11.3 Å². The van der Waals surface area contributed by atoms with Crippen LogP contribution in [-0.4, -0.2) is 21.0 Å². The molecule has 0 saturated carbocycles. The Hall–Kier alpha value is -3.90. The fraction of sp³-hybridized carbons (Fsp3) is 0.167. The van der Waals surface area contributed by atoms with Gasteiger partial charge in [0.25, 0.3) is 0 Å². The van der Waals surface area contributed by atoms with Crippen molar-refractivity contribution >= 4 is 15.8 Å². The summed E-state index contributed by atoms with van der Waals surface area (Å²) in [6, 6.07) is 9.64. The van der Waals surface area contributed by atoms with Gasteiger partial charge in [0.1, 0.15) is 0 Å². The van der Waals surface area contributed by atoms with Gasteiger partial charge >= 0.3 is 0 Å². The molecular formula is C24H25FN4O3S. The minimum atomic E-state index is -3.90. The summed E-state index contributed by atoms with van der Waals surface area (Å²) in [6.45, 7) is 7.67. The Balaban J connectivity index is 2.21. The first-order valence-electron chi connectivity index (χ1n) is 10.0. The molecule has 0 spiro atoms. The second-order valence-corrected chi connectivity index (χ2v) is 8.51. The number of halogens is 1. The fourth-order valence-corrected chi connectivity index (χ4v) is 4.02. The van der Waals surface area contributed by atoms with Gasteiger partial charge in [-0.2, -0.15) is 5.26 Å². The molecule has 7 nitrogen and oxygen atoms in total. The first kappa shape index (κ1) is 25.4. The highest BCUT2D eigenvalue weighted by Gasteiger charge is 2.19. The third-order valence-corrected chi connectivity index (χ3v) is 6.01. The number of nitrogens with zero attached hydrogens (tertiary/aromatic N) is 2. The normalized spacial score (nSPS) is 12.3. The number of nitriles is 1. The van der Waals surface area contributed by atoms with Gasteiger partial charge in [0.15, 0.2) is 17.8 Å². The molecule has 9 heteroatoms. The molecule has 0 heterocycles. The molecule has 0 saturated heterocycles. The Kier molecular flexibility index (Phi) is 9.39. The van der Waals surface area contributed by atoms with E-state index in [2.05, 4.69) is 22.2 Å². The molecule has 2 aromatic rings. The van der Waals surface area contributed by atoms with Gasteiger partial charge in [-0.05, 0) is 61.9 Å². The van der Waals surface area contributed by atoms with Crippen LogP contribution in [0, 0.1) is 17.3 Å². The van der Waals surface area contributed by atoms with Gasteiger partial charge in [-0.25, -0.2) is 17.8 Å². The average Bonchev–Trinajstić information content (AvgIpc) is 2.79. The number of aliphatic imine (C=N–C) groups is 1. The predicted octanol–water partition coefficient (Wildman–Crippen LogP) is 4.22. The Morgan fingerprint density at radius 2 is 1.94 bits per heavy atom. The van der Waals surface area contributed by atoms with E-state index in [9.17, 15) is 12.8 Å². The molecule has 0 aliphatic heterocycles. The Bertz CT molecular complexity index is 1210. The summed E-state index contributed by atoms with van der Waals surface area (Å²) in [5.74, 6) is -0.512. The van der Waals surface area contributed by atoms with E-state index < -0.39 is 15.7 Å². The van der Waals surface area contributed by atoms with Crippen LogP contribution in [0.2, 0.25) is 0 Å². The minimum absolute atomic E-state index is 0.000529. The van der Waals surface area contributed by atoms with Crippen molar-refractivity contribution in [1.29, 1.82) is 5.26 Å². The van der Waals surface area contributed by atoms with Crippen molar-refractivity contribution in [2.45, 2.75) is 30.2 Å². The largest absolute Gasteiger partial charge is 0.491 e. The number of hydrogen-bond acceptors (Lipinski definition) is 5. The number of guanidine groups is 1. The average molecular weight is 469 g/mol. The molecule has 0 aliphatic carbocycles. The molecule has 0 amide bonds. The molecule has 0 atom stereocenters. The molecule has 2 rings (SSSR count). The SMILES string of the molecule is C=C/C=C(\C=C/C)NC(=NCc1ccc(S(=O)(=O)c2ccc(OCC)c(F)c2)cc1)NC#N. The van der Waals surface area contributed by atoms with Gasteiger partial charge in [-0.3, -0.25) is 5.32 Å². The zero-order valence-corrected chi connectivity index (χ0v) is 19.2. The summed E-state index contributed by atoms with van der Waals surface area (Å²) in [5.41, 5.74) is 1.39. The Morgan fingerprint density at radius 3 is 2.52 bits per heavy atom. The molecule has 0 aliphatic rings. The van der Waals surface area contributed by atoms with Gasteiger partial charge < -0.3 is 10.1 Å². The van der Waals surface area contributed by atoms with E-state index >= 15 is 0 Å². The predicted molar refractivity (Wildman–Crippen MR) is 126 cm³/mol. The lowest BCUT2D eigenvalue weighted by atomic mass is 10.2. The Morgan fingerprint density at radius 1 is 1.24 bits per heavy atom. The van der Waals surface area contributed by atoms with Crippen molar-refractivity contribution in [3.63, 3.8) is 0 Å². The number of benzene rings is 2. The molecular weight excluding hydrogens is 443 g/mol. The van der Waals surface area contributed by atoms with Crippen molar-refractivity contribution in [3.05, 3.63) is 90.4 Å². The zero-order valence-electron chi connectivity index (χ0n) is 18.4. The van der Waals surface area contributed by atoms with E-state index in [4.69, 9.17) is 10.00 Å². The van der Waals surface area contributed by atoms with Crippen LogP contribution in [0.4, 0.5) is 4.39 Å². The standard InChI is InChI=1S/C24H25FN4O3S/c1-4-7-19(8-5-2)29-24(28-17-26)27-16-18-9-11-20(12-10-18)33(30,31)21-13-14-23(32-6-3)22(25)15-21/h4-5,7-15H,1,6,16H2,2-3H3,(H2,27,28,29)/b8-5-,19-7+. The van der Waals surface area contributed by atoms with Crippen molar-refractivity contribution in [2.24, 2.45) is 4.99 Å². The van der Waals surface area contributed by atoms with E-state index in [1.165, 1.54) is 24.3 Å². The van der Waals surface area contributed by atoms with Crippen LogP contribution >= 0.6 is 0 Å². The molecule has 172 valence electrons. The number of ether oxygens (including phenoxy) is 1. The second-order valence-electron chi connectivity index (χ2n) is 6.56. The molecule has 2 N–H and O–H groups in total. The van der Waals surface area contributed by atoms with E-state index in [1.54, 1.807) is 37.3 Å². The van der Waals surface area contributed by atoms with Crippen molar-refractivity contribution < 1.29 is 17.5 Å². The number of sulfone groups is 1. The number of rotatable bonds is 9. The monoisotopic (exact) mass is 468 g/mol. The number of allylic oxidation sites excluding steroid dienone is 4. The summed E-state index contributed by atoms with van der Waals surface area (Å²) in [6.07, 6.45) is 8.75. The highest BCUT2D eigenvalue weighted by Crippen LogP contribution is 2.26. The van der Waals surface area contributed by atoms with Crippen LogP contribution in [-0.2, 0) is 16.4 Å². The maximum atomic E-state index is 14.1. The summed E-state index contributed by atoms with van der Waals surface area (Å²) in [7, 11) is -3.90. The van der Waals surface area contributed by atoms with Crippen LogP contribution in [0.3, 0.4) is 0 Å². The van der Waals surface area contributed by atoms with Gasteiger partial charge in [-0.15, -0.1) is 0 Å². The number of nitrogens with one attached hydrogen (secondary N) is 2. The Labute approximate surface area is 193 Å². The quantitative estimate of drug-likeness (QED) is 0.188. The van der Waals surface area contributed by atoms with Gasteiger partial charge in [0, 0.05) is 5.70 Å². The van der Waals surface area contributed by atoms with E-state index in [0.717, 1.165) is 6.07 Å².